The summed E-state index contributed by atoms with van der Waals surface area (Å²) in [5, 5.41) is 2.77. The van der Waals surface area contributed by atoms with Crippen LogP contribution in [0.1, 0.15) is 5.56 Å². The molecule has 0 atom stereocenters. The SMILES string of the molecule is CNCC1=Cc2cc(F)ccc2S1(=O)=O. The van der Waals surface area contributed by atoms with Crippen LogP contribution in [0.5, 0.6) is 0 Å². The van der Waals surface area contributed by atoms with E-state index in [9.17, 15) is 12.8 Å². The fourth-order valence-electron chi connectivity index (χ4n) is 1.59. The van der Waals surface area contributed by atoms with Crippen LogP contribution in [0, 0.1) is 5.82 Å². The molecule has 0 aromatic heterocycles. The number of fused-ring (bicyclic) bond motifs is 1. The van der Waals surface area contributed by atoms with Gasteiger partial charge in [0.15, 0.2) is 0 Å². The molecule has 0 amide bonds. The second kappa shape index (κ2) is 3.43. The van der Waals surface area contributed by atoms with E-state index in [0.29, 0.717) is 5.56 Å². The topological polar surface area (TPSA) is 46.2 Å². The minimum Gasteiger partial charge on any atom is -0.315 e. The quantitative estimate of drug-likeness (QED) is 0.771. The molecule has 1 aromatic rings. The average Bonchev–Trinajstić information content (AvgIpc) is 2.39. The van der Waals surface area contributed by atoms with Crippen LogP contribution in [0.3, 0.4) is 0 Å². The van der Waals surface area contributed by atoms with E-state index in [4.69, 9.17) is 0 Å². The van der Waals surface area contributed by atoms with Gasteiger partial charge in [-0.1, -0.05) is 0 Å². The third-order valence-electron chi connectivity index (χ3n) is 2.27. The number of hydrogen-bond acceptors (Lipinski definition) is 3. The van der Waals surface area contributed by atoms with E-state index in [-0.39, 0.29) is 16.3 Å². The Labute approximate surface area is 87.5 Å². The number of rotatable bonds is 2. The van der Waals surface area contributed by atoms with Gasteiger partial charge in [-0.05, 0) is 36.9 Å². The summed E-state index contributed by atoms with van der Waals surface area (Å²) in [7, 11) is -1.73. The highest BCUT2D eigenvalue weighted by molar-refractivity contribution is 7.95. The van der Waals surface area contributed by atoms with Crippen molar-refractivity contribution in [3.05, 3.63) is 34.5 Å². The monoisotopic (exact) mass is 227 g/mol. The molecule has 0 radical (unpaired) electrons. The number of benzene rings is 1. The van der Waals surface area contributed by atoms with Crippen LogP contribution in [-0.2, 0) is 9.84 Å². The van der Waals surface area contributed by atoms with Gasteiger partial charge in [-0.2, -0.15) is 0 Å². The van der Waals surface area contributed by atoms with Crippen LogP contribution < -0.4 is 5.32 Å². The molecule has 15 heavy (non-hydrogen) atoms. The Kier molecular flexibility index (Phi) is 2.36. The van der Waals surface area contributed by atoms with E-state index in [2.05, 4.69) is 5.32 Å². The zero-order valence-corrected chi connectivity index (χ0v) is 8.94. The zero-order chi connectivity index (χ0) is 11.1. The molecule has 5 heteroatoms. The summed E-state index contributed by atoms with van der Waals surface area (Å²) in [6.45, 7) is 0.263. The molecule has 1 aromatic carbocycles. The molecule has 0 fully saturated rings. The van der Waals surface area contributed by atoms with Gasteiger partial charge in [0.2, 0.25) is 9.84 Å². The third kappa shape index (κ3) is 1.57. The fourth-order valence-corrected chi connectivity index (χ4v) is 3.16. The highest BCUT2D eigenvalue weighted by Gasteiger charge is 2.28. The molecule has 0 bridgehead atoms. The third-order valence-corrected chi connectivity index (χ3v) is 4.18. The average molecular weight is 227 g/mol. The van der Waals surface area contributed by atoms with Crippen molar-refractivity contribution in [1.29, 1.82) is 0 Å². The Bertz CT molecular complexity index is 534. The van der Waals surface area contributed by atoms with Gasteiger partial charge < -0.3 is 5.32 Å². The van der Waals surface area contributed by atoms with Gasteiger partial charge in [0.25, 0.3) is 0 Å². The van der Waals surface area contributed by atoms with Crippen LogP contribution in [0.2, 0.25) is 0 Å². The summed E-state index contributed by atoms with van der Waals surface area (Å²) in [4.78, 5) is 0.472. The van der Waals surface area contributed by atoms with Crippen molar-refractivity contribution < 1.29 is 12.8 Å². The summed E-state index contributed by atoms with van der Waals surface area (Å²) in [5.41, 5.74) is 0.431. The Hall–Kier alpha value is -1.20. The van der Waals surface area contributed by atoms with Gasteiger partial charge in [-0.25, -0.2) is 12.8 Å². The lowest BCUT2D eigenvalue weighted by Gasteiger charge is -2.02. The maximum Gasteiger partial charge on any atom is 0.204 e. The van der Waals surface area contributed by atoms with Gasteiger partial charge in [-0.15, -0.1) is 0 Å². The maximum atomic E-state index is 12.9. The van der Waals surface area contributed by atoms with Crippen molar-refractivity contribution in [3.63, 3.8) is 0 Å². The van der Waals surface area contributed by atoms with Crippen molar-refractivity contribution in [1.82, 2.24) is 5.32 Å². The lowest BCUT2D eigenvalue weighted by atomic mass is 10.2. The highest BCUT2D eigenvalue weighted by atomic mass is 32.2. The molecule has 1 N–H and O–H groups in total. The molecule has 0 unspecified atom stereocenters. The van der Waals surface area contributed by atoms with E-state index < -0.39 is 15.7 Å². The number of halogens is 1. The zero-order valence-electron chi connectivity index (χ0n) is 8.12. The largest absolute Gasteiger partial charge is 0.315 e. The van der Waals surface area contributed by atoms with E-state index in [1.165, 1.54) is 18.2 Å². The first-order valence-electron chi connectivity index (χ1n) is 4.45. The van der Waals surface area contributed by atoms with Crippen LogP contribution >= 0.6 is 0 Å². The molecule has 1 aliphatic heterocycles. The number of hydrogen-bond donors (Lipinski definition) is 1. The maximum absolute atomic E-state index is 12.9. The Morgan fingerprint density at radius 1 is 1.40 bits per heavy atom. The first kappa shape index (κ1) is 10.3. The van der Waals surface area contributed by atoms with E-state index in [1.807, 2.05) is 0 Å². The molecule has 1 aliphatic rings. The second-order valence-corrected chi connectivity index (χ2v) is 5.30. The van der Waals surface area contributed by atoms with Crippen LogP contribution in [0.4, 0.5) is 4.39 Å². The highest BCUT2D eigenvalue weighted by Crippen LogP contribution is 2.32. The van der Waals surface area contributed by atoms with Crippen LogP contribution in [-0.4, -0.2) is 22.0 Å². The van der Waals surface area contributed by atoms with E-state index in [0.717, 1.165) is 6.07 Å². The minimum atomic E-state index is -3.39. The molecular formula is C10H10FNO2S. The summed E-state index contributed by atoms with van der Waals surface area (Å²) < 4.78 is 36.6. The molecule has 80 valence electrons. The second-order valence-electron chi connectivity index (χ2n) is 3.33. The summed E-state index contributed by atoms with van der Waals surface area (Å²) in [6, 6.07) is 3.70. The number of sulfone groups is 1. The lowest BCUT2D eigenvalue weighted by molar-refractivity contribution is 0.600. The molecule has 0 aliphatic carbocycles. The van der Waals surface area contributed by atoms with Gasteiger partial charge in [0, 0.05) is 6.54 Å². The van der Waals surface area contributed by atoms with Crippen molar-refractivity contribution >= 4 is 15.9 Å². The van der Waals surface area contributed by atoms with Crippen molar-refractivity contribution in [3.8, 4) is 0 Å². The molecule has 0 spiro atoms. The Morgan fingerprint density at radius 2 is 2.13 bits per heavy atom. The fraction of sp³-hybridized carbons (Fsp3) is 0.200. The summed E-state index contributed by atoms with van der Waals surface area (Å²) >= 11 is 0. The normalized spacial score (nSPS) is 17.3. The van der Waals surface area contributed by atoms with Gasteiger partial charge in [0.05, 0.1) is 9.80 Å². The first-order chi connectivity index (χ1) is 7.05. The molecule has 0 saturated heterocycles. The standard InChI is InChI=1S/C10H10FNO2S/c1-12-6-9-5-7-4-8(11)2-3-10(7)15(9,13)14/h2-5,12H,6H2,1H3. The van der Waals surface area contributed by atoms with Gasteiger partial charge in [0.1, 0.15) is 5.82 Å². The smallest absolute Gasteiger partial charge is 0.204 e. The molecule has 2 rings (SSSR count). The number of likely N-dealkylation sites (N-methyl/N-ethyl adjacent to an activating group) is 1. The van der Waals surface area contributed by atoms with Gasteiger partial charge in [-0.3, -0.25) is 0 Å². The Balaban J connectivity index is 2.58. The molecular weight excluding hydrogens is 217 g/mol. The summed E-state index contributed by atoms with van der Waals surface area (Å²) in [5.74, 6) is -0.425. The van der Waals surface area contributed by atoms with Crippen molar-refractivity contribution in [2.75, 3.05) is 13.6 Å². The van der Waals surface area contributed by atoms with E-state index in [1.54, 1.807) is 7.05 Å². The molecule has 3 nitrogen and oxygen atoms in total. The molecule has 0 saturated carbocycles. The minimum absolute atomic E-state index is 0.189. The van der Waals surface area contributed by atoms with Gasteiger partial charge >= 0.3 is 0 Å². The molecule has 1 heterocycles. The lowest BCUT2D eigenvalue weighted by Crippen LogP contribution is -2.14. The first-order valence-corrected chi connectivity index (χ1v) is 5.94. The predicted octanol–water partition coefficient (Wildman–Crippen LogP) is 1.17. The summed E-state index contributed by atoms with van der Waals surface area (Å²) in [6.07, 6.45) is 1.50. The van der Waals surface area contributed by atoms with Crippen molar-refractivity contribution in [2.24, 2.45) is 0 Å². The van der Waals surface area contributed by atoms with E-state index >= 15 is 0 Å². The number of nitrogens with one attached hydrogen (secondary N) is 1. The Morgan fingerprint density at radius 3 is 2.80 bits per heavy atom. The van der Waals surface area contributed by atoms with Crippen LogP contribution in [0.25, 0.3) is 6.08 Å². The van der Waals surface area contributed by atoms with Crippen LogP contribution in [0.15, 0.2) is 28.0 Å². The predicted molar refractivity (Wildman–Crippen MR) is 55.5 cm³/mol. The van der Waals surface area contributed by atoms with Crippen molar-refractivity contribution in [2.45, 2.75) is 4.90 Å².